The molecule has 0 aromatic heterocycles. The first-order valence-electron chi connectivity index (χ1n) is 5.93. The Morgan fingerprint density at radius 3 is 2.33 bits per heavy atom. The average molecular weight is 298 g/mol. The summed E-state index contributed by atoms with van der Waals surface area (Å²) in [6.07, 6.45) is -4.85. The maximum Gasteiger partial charge on any atom is 0.573 e. The Hall–Kier alpha value is -2.37. The molecule has 0 aliphatic heterocycles. The van der Waals surface area contributed by atoms with Crippen molar-refractivity contribution in [2.45, 2.75) is 13.3 Å². The van der Waals surface area contributed by atoms with E-state index in [-0.39, 0.29) is 16.7 Å². The van der Waals surface area contributed by atoms with Gasteiger partial charge >= 0.3 is 6.36 Å². The van der Waals surface area contributed by atoms with Crippen LogP contribution in [0.2, 0.25) is 0 Å². The number of Topliss-reactive ketones (excluding diaryl/α,β-unsaturated/α-hetero) is 1. The lowest BCUT2D eigenvalue weighted by Gasteiger charge is -2.15. The highest BCUT2D eigenvalue weighted by molar-refractivity contribution is 6.01. The Balaban J connectivity index is 2.60. The van der Waals surface area contributed by atoms with Crippen molar-refractivity contribution < 1.29 is 27.1 Å². The lowest BCUT2D eigenvalue weighted by molar-refractivity contribution is -0.274. The summed E-state index contributed by atoms with van der Waals surface area (Å²) in [6, 6.07) is 8.71. The molecule has 0 aliphatic rings. The number of para-hydroxylation sites is 1. The third-order valence-electron chi connectivity index (χ3n) is 2.76. The van der Waals surface area contributed by atoms with Gasteiger partial charge in [-0.2, -0.15) is 0 Å². The summed E-state index contributed by atoms with van der Waals surface area (Å²) in [4.78, 5) is 11.6. The van der Waals surface area contributed by atoms with Gasteiger partial charge in [0, 0.05) is 11.1 Å². The fourth-order valence-corrected chi connectivity index (χ4v) is 1.95. The standard InChI is InChI=1S/C15H10F4O2/c1-9(20)13-8-10(16)6-7-11(13)12-4-2-3-5-14(12)21-15(17,18)19/h2-8H,1H3. The molecule has 0 aliphatic carbocycles. The molecule has 0 N–H and O–H groups in total. The number of hydrogen-bond donors (Lipinski definition) is 0. The molecule has 2 rings (SSSR count). The molecule has 21 heavy (non-hydrogen) atoms. The Bertz CT molecular complexity index is 678. The molecule has 0 heterocycles. The van der Waals surface area contributed by atoms with E-state index in [2.05, 4.69) is 4.74 Å². The third kappa shape index (κ3) is 3.59. The topological polar surface area (TPSA) is 26.3 Å². The van der Waals surface area contributed by atoms with Crippen LogP contribution in [0.5, 0.6) is 5.75 Å². The van der Waals surface area contributed by atoms with E-state index in [0.29, 0.717) is 0 Å². The number of hydrogen-bond acceptors (Lipinski definition) is 2. The van der Waals surface area contributed by atoms with E-state index in [4.69, 9.17) is 0 Å². The zero-order chi connectivity index (χ0) is 15.6. The Labute approximate surface area is 118 Å². The molecule has 0 amide bonds. The number of benzene rings is 2. The van der Waals surface area contributed by atoms with E-state index < -0.39 is 23.7 Å². The second kappa shape index (κ2) is 5.55. The second-order valence-electron chi connectivity index (χ2n) is 4.29. The van der Waals surface area contributed by atoms with Gasteiger partial charge < -0.3 is 4.74 Å². The maximum atomic E-state index is 13.2. The van der Waals surface area contributed by atoms with Gasteiger partial charge in [0.05, 0.1) is 0 Å². The molecule has 0 atom stereocenters. The SMILES string of the molecule is CC(=O)c1cc(F)ccc1-c1ccccc1OC(F)(F)F. The van der Waals surface area contributed by atoms with Gasteiger partial charge in [-0.25, -0.2) is 4.39 Å². The largest absolute Gasteiger partial charge is 0.573 e. The molecule has 2 aromatic rings. The third-order valence-corrected chi connectivity index (χ3v) is 2.76. The van der Waals surface area contributed by atoms with E-state index >= 15 is 0 Å². The number of carbonyl (C=O) groups is 1. The van der Waals surface area contributed by atoms with Crippen molar-refractivity contribution >= 4 is 5.78 Å². The van der Waals surface area contributed by atoms with Crippen LogP contribution in [0.15, 0.2) is 42.5 Å². The minimum atomic E-state index is -4.85. The van der Waals surface area contributed by atoms with Crippen LogP contribution in [0, 0.1) is 5.82 Å². The first-order valence-corrected chi connectivity index (χ1v) is 5.93. The Kier molecular flexibility index (Phi) is 3.97. The van der Waals surface area contributed by atoms with Crippen molar-refractivity contribution in [3.05, 3.63) is 53.8 Å². The van der Waals surface area contributed by atoms with Gasteiger partial charge in [-0.1, -0.05) is 24.3 Å². The van der Waals surface area contributed by atoms with Crippen molar-refractivity contribution in [2.75, 3.05) is 0 Å². The molecule has 2 nitrogen and oxygen atoms in total. The molecule has 0 bridgehead atoms. The summed E-state index contributed by atoms with van der Waals surface area (Å²) >= 11 is 0. The van der Waals surface area contributed by atoms with Crippen LogP contribution in [0.25, 0.3) is 11.1 Å². The minimum Gasteiger partial charge on any atom is -0.405 e. The van der Waals surface area contributed by atoms with E-state index in [0.717, 1.165) is 18.2 Å². The monoisotopic (exact) mass is 298 g/mol. The maximum absolute atomic E-state index is 13.2. The molecular formula is C15H10F4O2. The van der Waals surface area contributed by atoms with Crippen LogP contribution < -0.4 is 4.74 Å². The molecule has 6 heteroatoms. The minimum absolute atomic E-state index is 0.00627. The van der Waals surface area contributed by atoms with E-state index in [1.807, 2.05) is 0 Å². The summed E-state index contributed by atoms with van der Waals surface area (Å²) in [5.74, 6) is -1.54. The first-order chi connectivity index (χ1) is 9.78. The normalized spacial score (nSPS) is 11.3. The highest BCUT2D eigenvalue weighted by atomic mass is 19.4. The number of rotatable bonds is 3. The van der Waals surface area contributed by atoms with Crippen LogP contribution in [-0.2, 0) is 0 Å². The number of halogens is 4. The smallest absolute Gasteiger partial charge is 0.405 e. The van der Waals surface area contributed by atoms with Crippen LogP contribution in [0.4, 0.5) is 17.6 Å². The van der Waals surface area contributed by atoms with Crippen LogP contribution in [-0.4, -0.2) is 12.1 Å². The predicted octanol–water partition coefficient (Wildman–Crippen LogP) is 4.59. The molecule has 110 valence electrons. The van der Waals surface area contributed by atoms with Crippen molar-refractivity contribution in [3.63, 3.8) is 0 Å². The number of alkyl halides is 3. The van der Waals surface area contributed by atoms with Crippen molar-refractivity contribution in [2.24, 2.45) is 0 Å². The van der Waals surface area contributed by atoms with Crippen LogP contribution in [0.3, 0.4) is 0 Å². The van der Waals surface area contributed by atoms with Gasteiger partial charge in [0.1, 0.15) is 11.6 Å². The number of ether oxygens (including phenoxy) is 1. The van der Waals surface area contributed by atoms with Crippen LogP contribution in [0.1, 0.15) is 17.3 Å². The lowest BCUT2D eigenvalue weighted by atomic mass is 9.96. The summed E-state index contributed by atoms with van der Waals surface area (Å²) in [5, 5.41) is 0. The highest BCUT2D eigenvalue weighted by Crippen LogP contribution is 2.35. The molecule has 0 saturated carbocycles. The Morgan fingerprint density at radius 1 is 1.05 bits per heavy atom. The molecule has 0 saturated heterocycles. The van der Waals surface area contributed by atoms with Gasteiger partial charge in [0.25, 0.3) is 0 Å². The zero-order valence-corrected chi connectivity index (χ0v) is 10.9. The molecule has 0 fully saturated rings. The summed E-state index contributed by atoms with van der Waals surface area (Å²) in [6.45, 7) is 1.21. The molecular weight excluding hydrogens is 288 g/mol. The van der Waals surface area contributed by atoms with E-state index in [1.165, 1.54) is 31.2 Å². The second-order valence-corrected chi connectivity index (χ2v) is 4.29. The Morgan fingerprint density at radius 2 is 1.71 bits per heavy atom. The van der Waals surface area contributed by atoms with Crippen LogP contribution >= 0.6 is 0 Å². The van der Waals surface area contributed by atoms with Gasteiger partial charge in [-0.15, -0.1) is 13.2 Å². The van der Waals surface area contributed by atoms with Crippen molar-refractivity contribution in [3.8, 4) is 16.9 Å². The average Bonchev–Trinajstić information content (AvgIpc) is 2.37. The quantitative estimate of drug-likeness (QED) is 0.612. The molecule has 0 spiro atoms. The van der Waals surface area contributed by atoms with Gasteiger partial charge in [0.2, 0.25) is 0 Å². The van der Waals surface area contributed by atoms with Gasteiger partial charge in [0.15, 0.2) is 5.78 Å². The molecule has 0 radical (unpaired) electrons. The fraction of sp³-hybridized carbons (Fsp3) is 0.133. The number of carbonyl (C=O) groups excluding carboxylic acids is 1. The molecule has 2 aromatic carbocycles. The van der Waals surface area contributed by atoms with Crippen molar-refractivity contribution in [1.29, 1.82) is 0 Å². The van der Waals surface area contributed by atoms with E-state index in [1.54, 1.807) is 0 Å². The van der Waals surface area contributed by atoms with Gasteiger partial charge in [-0.3, -0.25) is 4.79 Å². The van der Waals surface area contributed by atoms with Crippen molar-refractivity contribution in [1.82, 2.24) is 0 Å². The fourth-order valence-electron chi connectivity index (χ4n) is 1.95. The first kappa shape index (κ1) is 15.0. The summed E-state index contributed by atoms with van der Waals surface area (Å²) in [7, 11) is 0. The summed E-state index contributed by atoms with van der Waals surface area (Å²) in [5.41, 5.74) is 0.247. The summed E-state index contributed by atoms with van der Waals surface area (Å²) < 4.78 is 54.4. The predicted molar refractivity (Wildman–Crippen MR) is 68.5 cm³/mol. The lowest BCUT2D eigenvalue weighted by Crippen LogP contribution is -2.17. The molecule has 0 unspecified atom stereocenters. The van der Waals surface area contributed by atoms with E-state index in [9.17, 15) is 22.4 Å². The van der Waals surface area contributed by atoms with Gasteiger partial charge in [-0.05, 0) is 30.7 Å². The number of ketones is 1. The highest BCUT2D eigenvalue weighted by Gasteiger charge is 2.32. The zero-order valence-electron chi connectivity index (χ0n) is 10.9.